The summed E-state index contributed by atoms with van der Waals surface area (Å²) in [6, 6.07) is 13.6. The predicted molar refractivity (Wildman–Crippen MR) is 194 cm³/mol. The minimum Gasteiger partial charge on any atom is -0.497 e. The molecule has 0 bridgehead atoms. The van der Waals surface area contributed by atoms with E-state index in [1.165, 1.54) is 14.2 Å². The van der Waals surface area contributed by atoms with Gasteiger partial charge in [0.1, 0.15) is 17.2 Å². The van der Waals surface area contributed by atoms with Crippen molar-refractivity contribution in [3.8, 4) is 17.2 Å². The fraction of sp³-hybridized carbons (Fsp3) is 0.417. The second kappa shape index (κ2) is 16.5. The summed E-state index contributed by atoms with van der Waals surface area (Å²) in [5.74, 6) is -0.787. The number of hydrogen-bond donors (Lipinski definition) is 2. The van der Waals surface area contributed by atoms with E-state index in [2.05, 4.69) is 0 Å². The highest BCUT2D eigenvalue weighted by atomic mass is 32.2. The van der Waals surface area contributed by atoms with Crippen molar-refractivity contribution in [1.82, 2.24) is 0 Å². The van der Waals surface area contributed by atoms with E-state index in [-0.39, 0.29) is 30.0 Å². The highest BCUT2D eigenvalue weighted by Gasteiger charge is 2.28. The van der Waals surface area contributed by atoms with E-state index in [4.69, 9.17) is 23.5 Å². The van der Waals surface area contributed by atoms with Crippen LogP contribution in [0.2, 0.25) is 0 Å². The summed E-state index contributed by atoms with van der Waals surface area (Å²) < 4.78 is 88.9. The summed E-state index contributed by atoms with van der Waals surface area (Å²) in [7, 11) is -1.55. The van der Waals surface area contributed by atoms with Gasteiger partial charge in [-0.3, -0.25) is 9.11 Å². The van der Waals surface area contributed by atoms with Crippen molar-refractivity contribution in [2.24, 2.45) is 0 Å². The molecule has 1 heterocycles. The number of hydrogen-bond acceptors (Lipinski definition) is 10. The fourth-order valence-electron chi connectivity index (χ4n) is 6.22. The largest absolute Gasteiger partial charge is 0.497 e. The molecule has 52 heavy (non-hydrogen) atoms. The second-order valence-electron chi connectivity index (χ2n) is 13.3. The summed E-state index contributed by atoms with van der Waals surface area (Å²) in [6.07, 6.45) is 1.02. The van der Waals surface area contributed by atoms with Gasteiger partial charge in [-0.25, -0.2) is 9.59 Å². The molecule has 0 atom stereocenters. The number of pyridine rings is 1. The third-order valence-corrected chi connectivity index (χ3v) is 10.3. The first-order valence-corrected chi connectivity index (χ1v) is 19.8. The maximum Gasteiger partial charge on any atom is 0.345 e. The van der Waals surface area contributed by atoms with Gasteiger partial charge in [0.25, 0.3) is 20.2 Å². The van der Waals surface area contributed by atoms with Gasteiger partial charge < -0.3 is 23.4 Å². The number of aromatic nitrogens is 1. The molecule has 282 valence electrons. The average molecular weight is 763 g/mol. The summed E-state index contributed by atoms with van der Waals surface area (Å²) in [4.78, 5) is 26.5. The first kappa shape index (κ1) is 40.4. The van der Waals surface area contributed by atoms with Gasteiger partial charge in [0.05, 0.1) is 81.4 Å². The number of ether oxygens (including phenoxy) is 4. The lowest BCUT2D eigenvalue weighted by Crippen LogP contribution is -2.42. The summed E-state index contributed by atoms with van der Waals surface area (Å²) in [5.41, 5.74) is 2.77. The maximum atomic E-state index is 14.3. The fourth-order valence-corrected chi connectivity index (χ4v) is 7.21. The molecule has 1 aromatic heterocycles. The van der Waals surface area contributed by atoms with E-state index in [0.717, 1.165) is 0 Å². The molecule has 2 N–H and O–H groups in total. The molecule has 4 aromatic rings. The molecule has 0 unspecified atom stereocenters. The van der Waals surface area contributed by atoms with Gasteiger partial charge in [-0.05, 0) is 61.4 Å². The van der Waals surface area contributed by atoms with Crippen molar-refractivity contribution in [2.75, 3.05) is 59.5 Å². The quantitative estimate of drug-likeness (QED) is 0.0296. The van der Waals surface area contributed by atoms with Crippen LogP contribution >= 0.6 is 0 Å². The molecule has 0 spiro atoms. The monoisotopic (exact) mass is 762 g/mol. The third kappa shape index (κ3) is 10.6. The number of benzene rings is 3. The number of rotatable bonds is 17. The number of carbonyl (C=O) groups excluding carboxylic acids is 2. The molecular formula is C36H46N2O12S2+2. The van der Waals surface area contributed by atoms with Crippen LogP contribution in [0.25, 0.3) is 21.8 Å². The number of fused-ring (bicyclic) bond motifs is 2. The normalized spacial score (nSPS) is 12.2. The van der Waals surface area contributed by atoms with Crippen LogP contribution in [0.5, 0.6) is 17.2 Å². The van der Waals surface area contributed by atoms with Crippen LogP contribution in [0.1, 0.15) is 51.1 Å². The average Bonchev–Trinajstić information content (AvgIpc) is 3.05. The van der Waals surface area contributed by atoms with Gasteiger partial charge >= 0.3 is 11.9 Å². The molecule has 4 rings (SSSR count). The first-order valence-electron chi connectivity index (χ1n) is 16.6. The van der Waals surface area contributed by atoms with Gasteiger partial charge in [0.2, 0.25) is 11.0 Å². The lowest BCUT2D eigenvalue weighted by molar-refractivity contribution is -0.890. The van der Waals surface area contributed by atoms with Crippen LogP contribution < -0.4 is 18.8 Å². The maximum absolute atomic E-state index is 14.3. The smallest absolute Gasteiger partial charge is 0.345 e. The van der Waals surface area contributed by atoms with Crippen LogP contribution in [0.4, 0.5) is 0 Å². The number of carbonyl (C=O) groups is 2. The molecule has 0 aliphatic carbocycles. The van der Waals surface area contributed by atoms with Gasteiger partial charge in [-0.2, -0.15) is 21.4 Å². The van der Waals surface area contributed by atoms with E-state index >= 15 is 0 Å². The SMILES string of the molecule is COC(=O)c1cc(C)c(OC(=O)c2c3cc(OC)ccc3[n+](CCCS(=O)(=O)O)c3ccc(OCCC[N+](C)(C)CCCS(=O)(=O)O)cc23)c(C)c1. The Kier molecular flexibility index (Phi) is 12.9. The zero-order valence-corrected chi connectivity index (χ0v) is 31.8. The Balaban J connectivity index is 1.77. The Hall–Kier alpha value is -4.35. The first-order chi connectivity index (χ1) is 24.3. The van der Waals surface area contributed by atoms with Crippen molar-refractivity contribution in [2.45, 2.75) is 39.7 Å². The highest BCUT2D eigenvalue weighted by Crippen LogP contribution is 2.33. The van der Waals surface area contributed by atoms with Gasteiger partial charge in [-0.15, -0.1) is 0 Å². The number of nitrogens with zero attached hydrogens (tertiary/aromatic N) is 2. The minimum atomic E-state index is -4.22. The molecule has 3 aromatic carbocycles. The van der Waals surface area contributed by atoms with E-state index in [9.17, 15) is 31.0 Å². The molecule has 16 heteroatoms. The van der Waals surface area contributed by atoms with E-state index in [0.29, 0.717) is 87.0 Å². The van der Waals surface area contributed by atoms with Gasteiger partial charge in [0, 0.05) is 31.4 Å². The summed E-state index contributed by atoms with van der Waals surface area (Å²) in [5, 5.41) is 0.921. The Morgan fingerprint density at radius 2 is 1.29 bits per heavy atom. The molecular weight excluding hydrogens is 717 g/mol. The van der Waals surface area contributed by atoms with Crippen molar-refractivity contribution in [3.63, 3.8) is 0 Å². The van der Waals surface area contributed by atoms with Crippen molar-refractivity contribution < 1.29 is 63.5 Å². The standard InChI is InChI=1S/C36H44N2O12S2/c1-24-20-26(35(39)48-6)21-25(2)34(24)50-36(40)33-29-22-27(47-5)10-12-31(29)37(14-7-18-51(41,42)43)32-13-11-28(23-30(32)33)49-17-8-15-38(3,4)16-9-19-52(44,45)46/h10-13,20-23H,7-9,14-19H2,1-6H3/p+2. The molecule has 0 saturated carbocycles. The molecule has 0 fully saturated rings. The molecule has 0 amide bonds. The van der Waals surface area contributed by atoms with Crippen LogP contribution in [0.15, 0.2) is 48.5 Å². The molecule has 14 nitrogen and oxygen atoms in total. The van der Waals surface area contributed by atoms with Crippen molar-refractivity contribution in [1.29, 1.82) is 0 Å². The van der Waals surface area contributed by atoms with Crippen LogP contribution in [-0.2, 0) is 31.5 Å². The highest BCUT2D eigenvalue weighted by molar-refractivity contribution is 7.86. The van der Waals surface area contributed by atoms with Gasteiger partial charge in [-0.1, -0.05) is 0 Å². The Morgan fingerprint density at radius 1 is 0.750 bits per heavy atom. The lowest BCUT2D eigenvalue weighted by Gasteiger charge is -2.29. The number of aryl methyl sites for hydroxylation is 3. The summed E-state index contributed by atoms with van der Waals surface area (Å²) >= 11 is 0. The Morgan fingerprint density at radius 3 is 1.85 bits per heavy atom. The van der Waals surface area contributed by atoms with E-state index < -0.39 is 37.9 Å². The topological polar surface area (TPSA) is 184 Å². The Bertz CT molecular complexity index is 2180. The lowest BCUT2D eigenvalue weighted by atomic mass is 10.0. The Labute approximate surface area is 303 Å². The third-order valence-electron chi connectivity index (χ3n) is 8.70. The molecule has 0 radical (unpaired) electrons. The minimum absolute atomic E-state index is 0.0883. The van der Waals surface area contributed by atoms with Crippen LogP contribution in [-0.4, -0.2) is 102 Å². The van der Waals surface area contributed by atoms with Crippen molar-refractivity contribution >= 4 is 54.0 Å². The zero-order chi connectivity index (χ0) is 38.4. The van der Waals surface area contributed by atoms with Gasteiger partial charge in [0.15, 0.2) is 6.54 Å². The number of methoxy groups -OCH3 is 2. The van der Waals surface area contributed by atoms with E-state index in [1.807, 2.05) is 18.7 Å². The number of esters is 2. The van der Waals surface area contributed by atoms with Crippen LogP contribution in [0, 0.1) is 13.8 Å². The predicted octanol–water partition coefficient (Wildman–Crippen LogP) is 4.31. The molecule has 0 aliphatic heterocycles. The summed E-state index contributed by atoms with van der Waals surface area (Å²) in [6.45, 7) is 5.15. The zero-order valence-electron chi connectivity index (χ0n) is 30.2. The molecule has 0 aliphatic rings. The molecule has 0 saturated heterocycles. The van der Waals surface area contributed by atoms with Crippen LogP contribution in [0.3, 0.4) is 0 Å². The number of quaternary nitrogens is 1. The second-order valence-corrected chi connectivity index (χ2v) is 16.4. The van der Waals surface area contributed by atoms with Crippen molar-refractivity contribution in [3.05, 3.63) is 70.8 Å². The van der Waals surface area contributed by atoms with E-state index in [1.54, 1.807) is 62.4 Å².